The number of hydrogen-bond acceptors (Lipinski definition) is 3. The van der Waals surface area contributed by atoms with Gasteiger partial charge >= 0.3 is 0 Å². The van der Waals surface area contributed by atoms with E-state index in [0.717, 1.165) is 16.8 Å². The molecule has 1 aliphatic rings. The first kappa shape index (κ1) is 19.2. The third-order valence-electron chi connectivity index (χ3n) is 4.98. The number of aryl methyl sites for hydroxylation is 1. The molecule has 0 unspecified atom stereocenters. The van der Waals surface area contributed by atoms with Crippen LogP contribution >= 0.6 is 11.6 Å². The van der Waals surface area contributed by atoms with Gasteiger partial charge in [0.25, 0.3) is 5.91 Å². The molecular formula is C23H20ClN3O2. The molecule has 2 amide bonds. The summed E-state index contributed by atoms with van der Waals surface area (Å²) in [5, 5.41) is 3.54. The van der Waals surface area contributed by atoms with Gasteiger partial charge in [-0.2, -0.15) is 0 Å². The van der Waals surface area contributed by atoms with Crippen LogP contribution in [0.4, 0.5) is 5.69 Å². The minimum atomic E-state index is -0.444. The van der Waals surface area contributed by atoms with Crippen LogP contribution in [0.1, 0.15) is 39.6 Å². The number of halogens is 1. The van der Waals surface area contributed by atoms with Crippen molar-refractivity contribution in [3.63, 3.8) is 0 Å². The van der Waals surface area contributed by atoms with Gasteiger partial charge in [-0.25, -0.2) is 0 Å². The van der Waals surface area contributed by atoms with Crippen molar-refractivity contribution in [1.29, 1.82) is 0 Å². The molecule has 29 heavy (non-hydrogen) atoms. The van der Waals surface area contributed by atoms with Gasteiger partial charge in [0.15, 0.2) is 0 Å². The molecule has 1 N–H and O–H groups in total. The molecule has 0 saturated heterocycles. The summed E-state index contributed by atoms with van der Waals surface area (Å²) in [7, 11) is 0. The van der Waals surface area contributed by atoms with Crippen LogP contribution in [0.5, 0.6) is 0 Å². The maximum atomic E-state index is 13.0. The minimum absolute atomic E-state index is 0.129. The van der Waals surface area contributed by atoms with Gasteiger partial charge in [-0.1, -0.05) is 41.4 Å². The van der Waals surface area contributed by atoms with E-state index in [9.17, 15) is 9.59 Å². The van der Waals surface area contributed by atoms with Crippen molar-refractivity contribution in [3.8, 4) is 0 Å². The molecule has 2 aromatic carbocycles. The van der Waals surface area contributed by atoms with E-state index in [1.165, 1.54) is 0 Å². The first-order chi connectivity index (χ1) is 14.0. The van der Waals surface area contributed by atoms with Gasteiger partial charge in [0.2, 0.25) is 5.91 Å². The Balaban J connectivity index is 1.56. The fraction of sp³-hybridized carbons (Fsp3) is 0.174. The molecule has 0 radical (unpaired) electrons. The van der Waals surface area contributed by atoms with E-state index >= 15 is 0 Å². The van der Waals surface area contributed by atoms with E-state index in [1.54, 1.807) is 29.3 Å². The van der Waals surface area contributed by atoms with E-state index in [2.05, 4.69) is 10.3 Å². The largest absolute Gasteiger partial charge is 0.352 e. The molecule has 4 rings (SSSR count). The second-order valence-corrected chi connectivity index (χ2v) is 7.51. The lowest BCUT2D eigenvalue weighted by Gasteiger charge is -2.24. The number of anilines is 1. The molecule has 6 heteroatoms. The van der Waals surface area contributed by atoms with Crippen LogP contribution in [0, 0.1) is 6.92 Å². The summed E-state index contributed by atoms with van der Waals surface area (Å²) < 4.78 is 0. The minimum Gasteiger partial charge on any atom is -0.352 e. The van der Waals surface area contributed by atoms with Crippen molar-refractivity contribution < 1.29 is 9.59 Å². The van der Waals surface area contributed by atoms with Crippen molar-refractivity contribution >= 4 is 29.1 Å². The Morgan fingerprint density at radius 3 is 2.69 bits per heavy atom. The maximum Gasteiger partial charge on any atom is 0.260 e. The number of amides is 2. The van der Waals surface area contributed by atoms with Gasteiger partial charge in [0, 0.05) is 23.5 Å². The van der Waals surface area contributed by atoms with E-state index < -0.39 is 6.04 Å². The normalized spacial score (nSPS) is 15.3. The lowest BCUT2D eigenvalue weighted by molar-refractivity contribution is -0.121. The number of nitrogens with one attached hydrogen (secondary N) is 1. The van der Waals surface area contributed by atoms with Crippen LogP contribution in [0.25, 0.3) is 0 Å². The average molecular weight is 406 g/mol. The Bertz CT molecular complexity index is 1070. The van der Waals surface area contributed by atoms with Crippen LogP contribution < -0.4 is 10.2 Å². The molecule has 1 aliphatic heterocycles. The summed E-state index contributed by atoms with van der Waals surface area (Å²) in [6.07, 6.45) is 1.78. The molecule has 1 atom stereocenters. The highest BCUT2D eigenvalue weighted by molar-refractivity contribution is 6.30. The SMILES string of the molecule is Cc1ccc(N2C(=O)c3cccnc3[C@H]2CC(=O)NCc2cccc(Cl)c2)cc1. The molecular weight excluding hydrogens is 386 g/mol. The third kappa shape index (κ3) is 4.00. The number of pyridine rings is 1. The van der Waals surface area contributed by atoms with Gasteiger partial charge in [0.1, 0.15) is 0 Å². The molecule has 0 aliphatic carbocycles. The monoisotopic (exact) mass is 405 g/mol. The van der Waals surface area contributed by atoms with Gasteiger partial charge < -0.3 is 5.32 Å². The van der Waals surface area contributed by atoms with Gasteiger partial charge in [0.05, 0.1) is 23.7 Å². The van der Waals surface area contributed by atoms with E-state index in [4.69, 9.17) is 11.6 Å². The third-order valence-corrected chi connectivity index (χ3v) is 5.22. The Labute approximate surface area is 174 Å². The molecule has 2 heterocycles. The highest BCUT2D eigenvalue weighted by atomic mass is 35.5. The summed E-state index contributed by atoms with van der Waals surface area (Å²) >= 11 is 6.00. The van der Waals surface area contributed by atoms with Crippen molar-refractivity contribution in [1.82, 2.24) is 10.3 Å². The molecule has 0 fully saturated rings. The first-order valence-corrected chi connectivity index (χ1v) is 9.77. The predicted octanol–water partition coefficient (Wildman–Crippen LogP) is 4.45. The number of carbonyl (C=O) groups excluding carboxylic acids is 2. The van der Waals surface area contributed by atoms with Crippen LogP contribution in [0.15, 0.2) is 66.9 Å². The smallest absolute Gasteiger partial charge is 0.260 e. The lowest BCUT2D eigenvalue weighted by Crippen LogP contribution is -2.33. The topological polar surface area (TPSA) is 62.3 Å². The molecule has 3 aromatic rings. The number of carbonyl (C=O) groups is 2. The zero-order valence-electron chi connectivity index (χ0n) is 15.9. The van der Waals surface area contributed by atoms with Crippen molar-refractivity contribution in [2.45, 2.75) is 25.9 Å². The first-order valence-electron chi connectivity index (χ1n) is 9.39. The molecule has 5 nitrogen and oxygen atoms in total. The fourth-order valence-corrected chi connectivity index (χ4v) is 3.76. The van der Waals surface area contributed by atoms with Crippen LogP contribution in [0.3, 0.4) is 0 Å². The summed E-state index contributed by atoms with van der Waals surface area (Å²) in [5.74, 6) is -0.289. The molecule has 0 spiro atoms. The van der Waals surface area contributed by atoms with Crippen molar-refractivity contribution in [2.75, 3.05) is 4.90 Å². The Hall–Kier alpha value is -3.18. The quantitative estimate of drug-likeness (QED) is 0.682. The number of rotatable bonds is 5. The lowest BCUT2D eigenvalue weighted by atomic mass is 10.1. The second-order valence-electron chi connectivity index (χ2n) is 7.07. The summed E-state index contributed by atoms with van der Waals surface area (Å²) in [5.41, 5.74) is 3.96. The summed E-state index contributed by atoms with van der Waals surface area (Å²) in [6.45, 7) is 2.37. The standard InChI is InChI=1S/C23H20ClN3O2/c1-15-7-9-18(10-8-15)27-20(22-19(23(27)29)6-3-11-25-22)13-21(28)26-14-16-4-2-5-17(24)12-16/h2-12,20H,13-14H2,1H3,(H,26,28)/t20-/m1/s1. The van der Waals surface area contributed by atoms with E-state index in [0.29, 0.717) is 22.8 Å². The van der Waals surface area contributed by atoms with E-state index in [1.807, 2.05) is 49.4 Å². The molecule has 1 aromatic heterocycles. The Morgan fingerprint density at radius 1 is 1.14 bits per heavy atom. The van der Waals surface area contributed by atoms with E-state index in [-0.39, 0.29) is 18.2 Å². The van der Waals surface area contributed by atoms with Gasteiger partial charge in [-0.05, 0) is 48.9 Å². The zero-order valence-corrected chi connectivity index (χ0v) is 16.7. The number of benzene rings is 2. The Morgan fingerprint density at radius 2 is 1.93 bits per heavy atom. The molecule has 0 bridgehead atoms. The van der Waals surface area contributed by atoms with Crippen molar-refractivity contribution in [2.24, 2.45) is 0 Å². The molecule has 146 valence electrons. The number of fused-ring (bicyclic) bond motifs is 1. The Kier molecular flexibility index (Phi) is 5.32. The predicted molar refractivity (Wildman–Crippen MR) is 113 cm³/mol. The van der Waals surface area contributed by atoms with Crippen LogP contribution in [-0.4, -0.2) is 16.8 Å². The highest BCUT2D eigenvalue weighted by Crippen LogP contribution is 2.38. The summed E-state index contributed by atoms with van der Waals surface area (Å²) in [4.78, 5) is 31.8. The average Bonchev–Trinajstić information content (AvgIpc) is 2.99. The van der Waals surface area contributed by atoms with Crippen molar-refractivity contribution in [3.05, 3.63) is 94.3 Å². The van der Waals surface area contributed by atoms with Crippen LogP contribution in [-0.2, 0) is 11.3 Å². The number of nitrogens with zero attached hydrogens (tertiary/aromatic N) is 2. The second kappa shape index (κ2) is 8.05. The van der Waals surface area contributed by atoms with Crippen LogP contribution in [0.2, 0.25) is 5.02 Å². The fourth-order valence-electron chi connectivity index (χ4n) is 3.54. The van der Waals surface area contributed by atoms with Gasteiger partial charge in [-0.15, -0.1) is 0 Å². The number of hydrogen-bond donors (Lipinski definition) is 1. The van der Waals surface area contributed by atoms with Gasteiger partial charge in [-0.3, -0.25) is 19.5 Å². The number of aromatic nitrogens is 1. The maximum absolute atomic E-state index is 13.0. The molecule has 0 saturated carbocycles. The zero-order chi connectivity index (χ0) is 20.4. The summed E-state index contributed by atoms with van der Waals surface area (Å²) in [6, 6.07) is 18.1. The highest BCUT2D eigenvalue weighted by Gasteiger charge is 2.39.